The van der Waals surface area contributed by atoms with E-state index in [-0.39, 0.29) is 16.5 Å². The van der Waals surface area contributed by atoms with Crippen LogP contribution in [0.3, 0.4) is 0 Å². The molecule has 1 aliphatic rings. The van der Waals surface area contributed by atoms with Gasteiger partial charge in [-0.05, 0) is 62.7 Å². The fourth-order valence-electron chi connectivity index (χ4n) is 3.56. The van der Waals surface area contributed by atoms with Crippen LogP contribution in [0.5, 0.6) is 5.75 Å². The maximum absolute atomic E-state index is 14.5. The van der Waals surface area contributed by atoms with Gasteiger partial charge in [-0.3, -0.25) is 4.79 Å². The van der Waals surface area contributed by atoms with E-state index >= 15 is 0 Å². The molecule has 1 saturated heterocycles. The summed E-state index contributed by atoms with van der Waals surface area (Å²) >= 11 is 0. The molecule has 0 bridgehead atoms. The summed E-state index contributed by atoms with van der Waals surface area (Å²) in [7, 11) is -2.21. The lowest BCUT2D eigenvalue weighted by Gasteiger charge is -2.24. The number of carbonyl (C=O) groups is 1. The van der Waals surface area contributed by atoms with Crippen LogP contribution in [0.15, 0.2) is 47.4 Å². The van der Waals surface area contributed by atoms with Gasteiger partial charge in [-0.25, -0.2) is 17.5 Å². The molecule has 7 nitrogen and oxygen atoms in total. The van der Waals surface area contributed by atoms with Gasteiger partial charge in [0.15, 0.2) is 0 Å². The largest absolute Gasteiger partial charge is 0.497 e. The molecule has 0 aromatic heterocycles. The Morgan fingerprint density at radius 1 is 1.06 bits per heavy atom. The quantitative estimate of drug-likeness (QED) is 0.734. The monoisotopic (exact) mass is 449 g/mol. The summed E-state index contributed by atoms with van der Waals surface area (Å²) in [5, 5.41) is 0. The molecule has 1 aliphatic heterocycles. The van der Waals surface area contributed by atoms with Crippen molar-refractivity contribution in [3.63, 3.8) is 0 Å². The van der Waals surface area contributed by atoms with E-state index < -0.39 is 21.7 Å². The summed E-state index contributed by atoms with van der Waals surface area (Å²) < 4.78 is 47.0. The van der Waals surface area contributed by atoms with Gasteiger partial charge in [-0.15, -0.1) is 0 Å². The third kappa shape index (κ3) is 5.54. The third-order valence-corrected chi connectivity index (χ3v) is 6.75. The molecule has 0 atom stereocenters. The van der Waals surface area contributed by atoms with Crippen LogP contribution in [0.2, 0.25) is 0 Å². The molecule has 0 unspecified atom stereocenters. The number of carbonyl (C=O) groups excluding carboxylic acids is 1. The second-order valence-corrected chi connectivity index (χ2v) is 9.46. The standard InChI is InChI=1S/C22H28FN3O4S/c1-16(2)24-31(28,29)19-9-10-21(23)20(15-19)22(27)26-12-4-11-25(13-14-26)17-5-7-18(30-3)8-6-17/h5-10,15-16,24H,4,11-14H2,1-3H3. The van der Waals surface area contributed by atoms with E-state index in [4.69, 9.17) is 4.74 Å². The van der Waals surface area contributed by atoms with Crippen molar-refractivity contribution < 1.29 is 22.3 Å². The number of ether oxygens (including phenoxy) is 1. The number of amides is 1. The minimum atomic E-state index is -3.83. The molecular weight excluding hydrogens is 421 g/mol. The Kier molecular flexibility index (Phi) is 7.17. The zero-order chi connectivity index (χ0) is 22.6. The summed E-state index contributed by atoms with van der Waals surface area (Å²) in [6.45, 7) is 5.60. The Hall–Kier alpha value is -2.65. The lowest BCUT2D eigenvalue weighted by molar-refractivity contribution is 0.0762. The van der Waals surface area contributed by atoms with Gasteiger partial charge in [0, 0.05) is 37.9 Å². The summed E-state index contributed by atoms with van der Waals surface area (Å²) in [5.74, 6) is -0.465. The van der Waals surface area contributed by atoms with Crippen LogP contribution in [0.25, 0.3) is 0 Å². The lowest BCUT2D eigenvalue weighted by atomic mass is 10.2. The zero-order valence-electron chi connectivity index (χ0n) is 18.0. The lowest BCUT2D eigenvalue weighted by Crippen LogP contribution is -2.36. The van der Waals surface area contributed by atoms with Crippen LogP contribution in [-0.2, 0) is 10.0 Å². The molecule has 0 aliphatic carbocycles. The van der Waals surface area contributed by atoms with Crippen molar-refractivity contribution in [3.05, 3.63) is 53.8 Å². The normalized spacial score (nSPS) is 15.1. The Labute approximate surface area is 182 Å². The van der Waals surface area contributed by atoms with Gasteiger partial charge in [0.1, 0.15) is 11.6 Å². The average Bonchev–Trinajstić information content (AvgIpc) is 2.99. The van der Waals surface area contributed by atoms with E-state index in [9.17, 15) is 17.6 Å². The Morgan fingerprint density at radius 2 is 1.77 bits per heavy atom. The predicted molar refractivity (Wildman–Crippen MR) is 118 cm³/mol. The zero-order valence-corrected chi connectivity index (χ0v) is 18.8. The van der Waals surface area contributed by atoms with Crippen LogP contribution < -0.4 is 14.4 Å². The first kappa shape index (κ1) is 23.0. The topological polar surface area (TPSA) is 79.0 Å². The molecule has 0 spiro atoms. The van der Waals surface area contributed by atoms with Crippen molar-refractivity contribution in [1.82, 2.24) is 9.62 Å². The van der Waals surface area contributed by atoms with Gasteiger partial charge in [0.25, 0.3) is 5.91 Å². The van der Waals surface area contributed by atoms with Crippen molar-refractivity contribution in [2.75, 3.05) is 38.2 Å². The number of benzene rings is 2. The maximum Gasteiger partial charge on any atom is 0.256 e. The van der Waals surface area contributed by atoms with Crippen LogP contribution in [0.4, 0.5) is 10.1 Å². The summed E-state index contributed by atoms with van der Waals surface area (Å²) in [5.41, 5.74) is 0.790. The fourth-order valence-corrected chi connectivity index (χ4v) is 4.83. The van der Waals surface area contributed by atoms with Crippen LogP contribution in [0.1, 0.15) is 30.6 Å². The molecule has 9 heteroatoms. The van der Waals surface area contributed by atoms with Gasteiger partial charge < -0.3 is 14.5 Å². The minimum Gasteiger partial charge on any atom is -0.497 e. The molecule has 1 fully saturated rings. The van der Waals surface area contributed by atoms with E-state index in [1.165, 1.54) is 6.07 Å². The molecule has 2 aromatic carbocycles. The molecule has 3 rings (SSSR count). The molecular formula is C22H28FN3O4S. The van der Waals surface area contributed by atoms with E-state index in [0.717, 1.165) is 30.1 Å². The van der Waals surface area contributed by atoms with Crippen molar-refractivity contribution in [2.45, 2.75) is 31.2 Å². The number of methoxy groups -OCH3 is 1. The predicted octanol–water partition coefficient (Wildman–Crippen LogP) is 2.87. The molecule has 2 aromatic rings. The average molecular weight is 450 g/mol. The Morgan fingerprint density at radius 3 is 2.42 bits per heavy atom. The minimum absolute atomic E-state index is 0.124. The fraction of sp³-hybridized carbons (Fsp3) is 0.409. The van der Waals surface area contributed by atoms with E-state index in [2.05, 4.69) is 9.62 Å². The van der Waals surface area contributed by atoms with E-state index in [0.29, 0.717) is 26.1 Å². The highest BCUT2D eigenvalue weighted by Gasteiger charge is 2.25. The Balaban J connectivity index is 1.76. The van der Waals surface area contributed by atoms with Gasteiger partial charge in [0.05, 0.1) is 17.6 Å². The van der Waals surface area contributed by atoms with Crippen molar-refractivity contribution >= 4 is 21.6 Å². The second kappa shape index (κ2) is 9.65. The number of nitrogens with one attached hydrogen (secondary N) is 1. The number of hydrogen-bond donors (Lipinski definition) is 1. The number of sulfonamides is 1. The van der Waals surface area contributed by atoms with Crippen LogP contribution in [-0.4, -0.2) is 58.6 Å². The van der Waals surface area contributed by atoms with E-state index in [1.54, 1.807) is 25.9 Å². The number of hydrogen-bond acceptors (Lipinski definition) is 5. The SMILES string of the molecule is COc1ccc(N2CCCN(C(=O)c3cc(S(=O)(=O)NC(C)C)ccc3F)CC2)cc1. The van der Waals surface area contributed by atoms with Gasteiger partial charge in [0.2, 0.25) is 10.0 Å². The molecule has 1 amide bonds. The summed E-state index contributed by atoms with van der Waals surface area (Å²) in [6, 6.07) is 10.7. The highest BCUT2D eigenvalue weighted by atomic mass is 32.2. The smallest absolute Gasteiger partial charge is 0.256 e. The number of rotatable bonds is 6. The first-order chi connectivity index (χ1) is 14.7. The van der Waals surface area contributed by atoms with Crippen molar-refractivity contribution in [1.29, 1.82) is 0 Å². The van der Waals surface area contributed by atoms with Crippen molar-refractivity contribution in [2.24, 2.45) is 0 Å². The van der Waals surface area contributed by atoms with Crippen LogP contribution >= 0.6 is 0 Å². The van der Waals surface area contributed by atoms with Gasteiger partial charge in [-0.1, -0.05) is 0 Å². The highest BCUT2D eigenvalue weighted by molar-refractivity contribution is 7.89. The van der Waals surface area contributed by atoms with Gasteiger partial charge in [-0.2, -0.15) is 0 Å². The Bertz CT molecular complexity index is 1030. The molecule has 168 valence electrons. The third-order valence-electron chi connectivity index (χ3n) is 5.09. The molecule has 1 heterocycles. The first-order valence-electron chi connectivity index (χ1n) is 10.2. The van der Waals surface area contributed by atoms with E-state index in [1.807, 2.05) is 24.3 Å². The summed E-state index contributed by atoms with van der Waals surface area (Å²) in [4.78, 5) is 16.7. The van der Waals surface area contributed by atoms with Crippen molar-refractivity contribution in [3.8, 4) is 5.75 Å². The molecule has 0 radical (unpaired) electrons. The molecule has 0 saturated carbocycles. The molecule has 31 heavy (non-hydrogen) atoms. The maximum atomic E-state index is 14.5. The second-order valence-electron chi connectivity index (χ2n) is 7.75. The molecule has 1 N–H and O–H groups in total. The van der Waals surface area contributed by atoms with Gasteiger partial charge >= 0.3 is 0 Å². The number of anilines is 1. The highest BCUT2D eigenvalue weighted by Crippen LogP contribution is 2.22. The summed E-state index contributed by atoms with van der Waals surface area (Å²) in [6.07, 6.45) is 0.715. The number of halogens is 1. The first-order valence-corrected chi connectivity index (χ1v) is 11.7. The number of nitrogens with zero attached hydrogens (tertiary/aromatic N) is 2. The van der Waals surface area contributed by atoms with Crippen LogP contribution in [0, 0.1) is 5.82 Å².